The number of aromatic nitrogens is 2. The fourth-order valence-corrected chi connectivity index (χ4v) is 2.35. The van der Waals surface area contributed by atoms with Crippen LogP contribution in [0.5, 0.6) is 0 Å². The summed E-state index contributed by atoms with van der Waals surface area (Å²) in [6.07, 6.45) is 0. The van der Waals surface area contributed by atoms with Gasteiger partial charge in [-0.2, -0.15) is 0 Å². The molecule has 72 valence electrons. The fourth-order valence-electron chi connectivity index (χ4n) is 1.17. The van der Waals surface area contributed by atoms with Crippen molar-refractivity contribution in [2.24, 2.45) is 0 Å². The predicted molar refractivity (Wildman–Crippen MR) is 67.2 cm³/mol. The third-order valence-corrected chi connectivity index (χ3v) is 3.33. The van der Waals surface area contributed by atoms with Crippen LogP contribution in [0.4, 0.5) is 5.13 Å². The van der Waals surface area contributed by atoms with Crippen molar-refractivity contribution in [3.05, 3.63) is 27.3 Å². The molecule has 0 aliphatic heterocycles. The molecule has 0 bridgehead atoms. The van der Waals surface area contributed by atoms with E-state index in [-0.39, 0.29) is 0 Å². The molecular weight excluding hydrogens is 309 g/mol. The minimum atomic E-state index is 0.512. The van der Waals surface area contributed by atoms with Crippen molar-refractivity contribution in [3.8, 4) is 10.6 Å². The molecule has 0 aliphatic carbocycles. The van der Waals surface area contributed by atoms with Gasteiger partial charge in [-0.15, -0.1) is 10.2 Å². The molecule has 2 aromatic rings. The van der Waals surface area contributed by atoms with Crippen LogP contribution in [0.2, 0.25) is 0 Å². The van der Waals surface area contributed by atoms with E-state index in [9.17, 15) is 0 Å². The molecule has 0 atom stereocenters. The third kappa shape index (κ3) is 1.88. The Morgan fingerprint density at radius 3 is 2.79 bits per heavy atom. The van der Waals surface area contributed by atoms with Crippen LogP contribution in [0.3, 0.4) is 0 Å². The lowest BCUT2D eigenvalue weighted by Crippen LogP contribution is -1.84. The van der Waals surface area contributed by atoms with Crippen LogP contribution in [-0.4, -0.2) is 10.2 Å². The van der Waals surface area contributed by atoms with Gasteiger partial charge in [0.25, 0.3) is 0 Å². The molecule has 14 heavy (non-hydrogen) atoms. The van der Waals surface area contributed by atoms with Gasteiger partial charge in [0, 0.05) is 9.13 Å². The number of nitrogens with zero attached hydrogens (tertiary/aromatic N) is 2. The molecule has 0 unspecified atom stereocenters. The second kappa shape index (κ2) is 3.82. The third-order valence-electron chi connectivity index (χ3n) is 1.87. The standard InChI is InChI=1S/C9H8IN3S/c1-5-2-3-6(10)4-7(5)8-12-13-9(11)14-8/h2-4H,1H3,(H2,11,13). The largest absolute Gasteiger partial charge is 0.374 e. The summed E-state index contributed by atoms with van der Waals surface area (Å²) in [5.41, 5.74) is 7.86. The molecular formula is C9H8IN3S. The SMILES string of the molecule is Cc1ccc(I)cc1-c1nnc(N)s1. The summed E-state index contributed by atoms with van der Waals surface area (Å²) < 4.78 is 1.19. The van der Waals surface area contributed by atoms with Crippen molar-refractivity contribution in [1.82, 2.24) is 10.2 Å². The van der Waals surface area contributed by atoms with E-state index in [1.54, 1.807) is 0 Å². The van der Waals surface area contributed by atoms with Crippen LogP contribution < -0.4 is 5.73 Å². The molecule has 0 saturated heterocycles. The number of hydrogen-bond acceptors (Lipinski definition) is 4. The van der Waals surface area contributed by atoms with Crippen LogP contribution in [0.1, 0.15) is 5.56 Å². The smallest absolute Gasteiger partial charge is 0.203 e. The van der Waals surface area contributed by atoms with E-state index in [2.05, 4.69) is 57.9 Å². The zero-order valence-electron chi connectivity index (χ0n) is 7.49. The topological polar surface area (TPSA) is 51.8 Å². The van der Waals surface area contributed by atoms with E-state index in [4.69, 9.17) is 5.73 Å². The van der Waals surface area contributed by atoms with Gasteiger partial charge in [0.15, 0.2) is 0 Å². The number of anilines is 1. The molecule has 1 aromatic heterocycles. The normalized spacial score (nSPS) is 10.4. The first-order valence-electron chi connectivity index (χ1n) is 4.02. The van der Waals surface area contributed by atoms with Crippen LogP contribution in [0.15, 0.2) is 18.2 Å². The van der Waals surface area contributed by atoms with Crippen molar-refractivity contribution in [2.45, 2.75) is 6.92 Å². The lowest BCUT2D eigenvalue weighted by molar-refractivity contribution is 1.10. The van der Waals surface area contributed by atoms with E-state index in [0.717, 1.165) is 10.6 Å². The fraction of sp³-hybridized carbons (Fsp3) is 0.111. The predicted octanol–water partition coefficient (Wildman–Crippen LogP) is 2.70. The zero-order chi connectivity index (χ0) is 10.1. The molecule has 0 saturated carbocycles. The molecule has 0 aliphatic rings. The van der Waals surface area contributed by atoms with Gasteiger partial charge in [-0.3, -0.25) is 0 Å². The number of nitrogen functional groups attached to an aromatic ring is 1. The Morgan fingerprint density at radius 1 is 1.36 bits per heavy atom. The van der Waals surface area contributed by atoms with Crippen molar-refractivity contribution in [2.75, 3.05) is 5.73 Å². The second-order valence-corrected chi connectivity index (χ2v) is 5.16. The minimum absolute atomic E-state index is 0.512. The Kier molecular flexibility index (Phi) is 2.69. The minimum Gasteiger partial charge on any atom is -0.374 e. The van der Waals surface area contributed by atoms with Gasteiger partial charge in [0.2, 0.25) is 5.13 Å². The van der Waals surface area contributed by atoms with Crippen LogP contribution >= 0.6 is 33.9 Å². The molecule has 3 nitrogen and oxygen atoms in total. The van der Waals surface area contributed by atoms with E-state index in [0.29, 0.717) is 5.13 Å². The number of rotatable bonds is 1. The molecule has 5 heteroatoms. The lowest BCUT2D eigenvalue weighted by Gasteiger charge is -2.01. The summed E-state index contributed by atoms with van der Waals surface area (Å²) in [6, 6.07) is 6.24. The number of benzene rings is 1. The van der Waals surface area contributed by atoms with Crippen molar-refractivity contribution in [3.63, 3.8) is 0 Å². The van der Waals surface area contributed by atoms with Gasteiger partial charge in [-0.05, 0) is 47.2 Å². The summed E-state index contributed by atoms with van der Waals surface area (Å²) >= 11 is 3.70. The highest BCUT2D eigenvalue weighted by Crippen LogP contribution is 2.28. The zero-order valence-corrected chi connectivity index (χ0v) is 10.5. The van der Waals surface area contributed by atoms with Gasteiger partial charge < -0.3 is 5.73 Å². The second-order valence-electron chi connectivity index (χ2n) is 2.90. The maximum absolute atomic E-state index is 5.55. The number of nitrogens with two attached hydrogens (primary N) is 1. The van der Waals surface area contributed by atoms with E-state index in [1.165, 1.54) is 20.5 Å². The average molecular weight is 317 g/mol. The highest BCUT2D eigenvalue weighted by Gasteiger charge is 2.07. The maximum atomic E-state index is 5.55. The quantitative estimate of drug-likeness (QED) is 0.823. The van der Waals surface area contributed by atoms with Gasteiger partial charge in [0.1, 0.15) is 5.01 Å². The Balaban J connectivity index is 2.55. The first-order valence-corrected chi connectivity index (χ1v) is 5.92. The van der Waals surface area contributed by atoms with Crippen LogP contribution in [0, 0.1) is 10.5 Å². The summed E-state index contributed by atoms with van der Waals surface area (Å²) in [4.78, 5) is 0. The van der Waals surface area contributed by atoms with Crippen molar-refractivity contribution >= 4 is 39.1 Å². The Bertz CT molecular complexity index is 467. The maximum Gasteiger partial charge on any atom is 0.203 e. The number of aryl methyl sites for hydroxylation is 1. The lowest BCUT2D eigenvalue weighted by atomic mass is 10.1. The monoisotopic (exact) mass is 317 g/mol. The van der Waals surface area contributed by atoms with Crippen LogP contribution in [0.25, 0.3) is 10.6 Å². The van der Waals surface area contributed by atoms with Crippen molar-refractivity contribution in [1.29, 1.82) is 0 Å². The summed E-state index contributed by atoms with van der Waals surface area (Å²) in [7, 11) is 0. The molecule has 1 heterocycles. The number of hydrogen-bond donors (Lipinski definition) is 1. The van der Waals surface area contributed by atoms with E-state index < -0.39 is 0 Å². The molecule has 0 radical (unpaired) electrons. The highest BCUT2D eigenvalue weighted by molar-refractivity contribution is 14.1. The first kappa shape index (κ1) is 9.85. The van der Waals surface area contributed by atoms with Crippen LogP contribution in [-0.2, 0) is 0 Å². The molecule has 0 fully saturated rings. The molecule has 0 spiro atoms. The van der Waals surface area contributed by atoms with Gasteiger partial charge in [-0.1, -0.05) is 17.4 Å². The Morgan fingerprint density at radius 2 is 2.14 bits per heavy atom. The average Bonchev–Trinajstić information content (AvgIpc) is 2.56. The van der Waals surface area contributed by atoms with E-state index in [1.807, 2.05) is 0 Å². The number of halogens is 1. The molecule has 0 amide bonds. The molecule has 2 N–H and O–H groups in total. The Labute approximate surface area is 99.5 Å². The molecule has 1 aromatic carbocycles. The van der Waals surface area contributed by atoms with Gasteiger partial charge in [-0.25, -0.2) is 0 Å². The highest BCUT2D eigenvalue weighted by atomic mass is 127. The van der Waals surface area contributed by atoms with Crippen molar-refractivity contribution < 1.29 is 0 Å². The summed E-state index contributed by atoms with van der Waals surface area (Å²) in [5, 5.41) is 9.24. The summed E-state index contributed by atoms with van der Waals surface area (Å²) in [5.74, 6) is 0. The van der Waals surface area contributed by atoms with Gasteiger partial charge in [0.05, 0.1) is 0 Å². The first-order chi connectivity index (χ1) is 6.66. The Hall–Kier alpha value is -0.690. The summed E-state index contributed by atoms with van der Waals surface area (Å²) in [6.45, 7) is 2.06. The van der Waals surface area contributed by atoms with E-state index >= 15 is 0 Å². The molecule has 2 rings (SSSR count). The van der Waals surface area contributed by atoms with Gasteiger partial charge >= 0.3 is 0 Å².